The van der Waals surface area contributed by atoms with Crippen molar-refractivity contribution >= 4 is 23.5 Å². The first-order valence-corrected chi connectivity index (χ1v) is 8.19. The summed E-state index contributed by atoms with van der Waals surface area (Å²) in [6.07, 6.45) is 2.06. The van der Waals surface area contributed by atoms with Gasteiger partial charge in [0.25, 0.3) is 5.91 Å². The van der Waals surface area contributed by atoms with E-state index < -0.39 is 0 Å². The van der Waals surface area contributed by atoms with E-state index in [1.54, 1.807) is 41.1 Å². The van der Waals surface area contributed by atoms with Crippen LogP contribution in [0.1, 0.15) is 29.2 Å². The summed E-state index contributed by atoms with van der Waals surface area (Å²) in [4.78, 5) is 12.3. The Morgan fingerprint density at radius 3 is 2.68 bits per heavy atom. The Kier molecular flexibility index (Phi) is 4.07. The molecule has 1 N–H and O–H groups in total. The van der Waals surface area contributed by atoms with Crippen molar-refractivity contribution in [3.05, 3.63) is 59.1 Å². The molecule has 0 radical (unpaired) electrons. The number of halogens is 1. The van der Waals surface area contributed by atoms with Crippen LogP contribution in [0.15, 0.2) is 48.5 Å². The van der Waals surface area contributed by atoms with Gasteiger partial charge in [-0.05, 0) is 65.7 Å². The first-order chi connectivity index (χ1) is 12.2. The van der Waals surface area contributed by atoms with E-state index in [1.165, 1.54) is 0 Å². The van der Waals surface area contributed by atoms with Crippen molar-refractivity contribution in [2.75, 3.05) is 5.32 Å². The number of carbonyl (C=O) groups is 1. The molecule has 3 aromatic rings. The predicted molar refractivity (Wildman–Crippen MR) is 92.0 cm³/mol. The molecule has 7 nitrogen and oxygen atoms in total. The van der Waals surface area contributed by atoms with Gasteiger partial charge in [-0.3, -0.25) is 10.1 Å². The van der Waals surface area contributed by atoms with E-state index in [1.807, 2.05) is 12.1 Å². The van der Waals surface area contributed by atoms with Gasteiger partial charge in [0.05, 0.1) is 6.04 Å². The Labute approximate surface area is 148 Å². The van der Waals surface area contributed by atoms with Crippen molar-refractivity contribution in [2.24, 2.45) is 0 Å². The highest BCUT2D eigenvalue weighted by Crippen LogP contribution is 2.35. The van der Waals surface area contributed by atoms with Crippen LogP contribution >= 0.6 is 11.6 Å². The second kappa shape index (κ2) is 6.52. The molecule has 0 bridgehead atoms. The minimum Gasteiger partial charge on any atom is -0.457 e. The number of tetrazole rings is 1. The van der Waals surface area contributed by atoms with Crippen molar-refractivity contribution in [1.82, 2.24) is 20.2 Å². The van der Waals surface area contributed by atoms with E-state index >= 15 is 0 Å². The molecular formula is C17H14ClN5O2. The monoisotopic (exact) mass is 355 g/mol. The maximum atomic E-state index is 12.3. The minimum atomic E-state index is -0.272. The lowest BCUT2D eigenvalue weighted by Crippen LogP contribution is -2.16. The number of rotatable bonds is 5. The molecule has 126 valence electrons. The fourth-order valence-corrected chi connectivity index (χ4v) is 2.54. The second-order valence-electron chi connectivity index (χ2n) is 5.72. The standard InChI is InChI=1S/C17H14ClN5O2/c18-12-2-1-3-15(10-12)25-14-8-4-11(5-9-14)16(24)19-17-20-21-22-23(17)13-6-7-13/h1-5,8-10,13H,6-7H2,(H,19,20,22,24). The fraction of sp³-hybridized carbons (Fsp3) is 0.176. The van der Waals surface area contributed by atoms with Crippen LogP contribution < -0.4 is 10.1 Å². The highest BCUT2D eigenvalue weighted by molar-refractivity contribution is 6.30. The summed E-state index contributed by atoms with van der Waals surface area (Å²) < 4.78 is 7.35. The van der Waals surface area contributed by atoms with Gasteiger partial charge in [-0.1, -0.05) is 22.8 Å². The summed E-state index contributed by atoms with van der Waals surface area (Å²) in [6.45, 7) is 0. The largest absolute Gasteiger partial charge is 0.457 e. The van der Waals surface area contributed by atoms with Gasteiger partial charge in [-0.15, -0.1) is 0 Å². The first-order valence-electron chi connectivity index (χ1n) is 7.82. The normalized spacial score (nSPS) is 13.5. The maximum Gasteiger partial charge on any atom is 0.258 e. The summed E-state index contributed by atoms with van der Waals surface area (Å²) in [5.74, 6) is 1.34. The van der Waals surface area contributed by atoms with E-state index in [-0.39, 0.29) is 5.91 Å². The van der Waals surface area contributed by atoms with E-state index in [0.29, 0.717) is 34.1 Å². The number of aromatic nitrogens is 4. The van der Waals surface area contributed by atoms with Gasteiger partial charge in [0.1, 0.15) is 11.5 Å². The summed E-state index contributed by atoms with van der Waals surface area (Å²) >= 11 is 5.93. The average molecular weight is 356 g/mol. The molecule has 1 saturated carbocycles. The molecular weight excluding hydrogens is 342 g/mol. The predicted octanol–water partition coefficient (Wildman–Crippen LogP) is 3.71. The van der Waals surface area contributed by atoms with Gasteiger partial charge in [0, 0.05) is 10.6 Å². The summed E-state index contributed by atoms with van der Waals surface area (Å²) in [5.41, 5.74) is 0.490. The van der Waals surface area contributed by atoms with Gasteiger partial charge < -0.3 is 4.74 Å². The lowest BCUT2D eigenvalue weighted by Gasteiger charge is -2.08. The van der Waals surface area contributed by atoms with Crippen LogP contribution in [-0.4, -0.2) is 26.1 Å². The summed E-state index contributed by atoms with van der Waals surface area (Å²) in [7, 11) is 0. The van der Waals surface area contributed by atoms with Crippen LogP contribution in [0.4, 0.5) is 5.95 Å². The number of hydrogen-bond acceptors (Lipinski definition) is 5. The van der Waals surface area contributed by atoms with Gasteiger partial charge in [0.2, 0.25) is 5.95 Å². The van der Waals surface area contributed by atoms with Crippen molar-refractivity contribution < 1.29 is 9.53 Å². The number of anilines is 1. The average Bonchev–Trinajstić information content (AvgIpc) is 3.35. The molecule has 1 aliphatic carbocycles. The highest BCUT2D eigenvalue weighted by Gasteiger charge is 2.28. The third-order valence-electron chi connectivity index (χ3n) is 3.76. The molecule has 4 rings (SSSR count). The van der Waals surface area contributed by atoms with Crippen LogP contribution in [0.5, 0.6) is 11.5 Å². The number of nitrogens with zero attached hydrogens (tertiary/aromatic N) is 4. The number of carbonyl (C=O) groups excluding carboxylic acids is 1. The molecule has 1 amide bonds. The van der Waals surface area contributed by atoms with Crippen LogP contribution in [0, 0.1) is 0 Å². The third kappa shape index (κ3) is 3.61. The van der Waals surface area contributed by atoms with Crippen molar-refractivity contribution in [3.8, 4) is 11.5 Å². The number of ether oxygens (including phenoxy) is 1. The van der Waals surface area contributed by atoms with E-state index in [2.05, 4.69) is 20.8 Å². The number of benzene rings is 2. The fourth-order valence-electron chi connectivity index (χ4n) is 2.36. The minimum absolute atomic E-state index is 0.272. The molecule has 1 fully saturated rings. The van der Waals surface area contributed by atoms with E-state index in [4.69, 9.17) is 16.3 Å². The third-order valence-corrected chi connectivity index (χ3v) is 3.99. The number of nitrogens with one attached hydrogen (secondary N) is 1. The van der Waals surface area contributed by atoms with Crippen LogP contribution in [0.3, 0.4) is 0 Å². The molecule has 0 atom stereocenters. The molecule has 1 aromatic heterocycles. The van der Waals surface area contributed by atoms with Crippen LogP contribution in [0.25, 0.3) is 0 Å². The first kappa shape index (κ1) is 15.6. The molecule has 0 saturated heterocycles. The molecule has 1 heterocycles. The Balaban J connectivity index is 1.44. The van der Waals surface area contributed by atoms with Crippen LogP contribution in [0.2, 0.25) is 5.02 Å². The van der Waals surface area contributed by atoms with Gasteiger partial charge in [-0.2, -0.15) is 0 Å². The zero-order valence-electron chi connectivity index (χ0n) is 13.1. The second-order valence-corrected chi connectivity index (χ2v) is 6.15. The Bertz CT molecular complexity index is 905. The summed E-state index contributed by atoms with van der Waals surface area (Å²) in [5, 5.41) is 14.7. The van der Waals surface area contributed by atoms with Crippen molar-refractivity contribution in [1.29, 1.82) is 0 Å². The topological polar surface area (TPSA) is 81.9 Å². The molecule has 0 aliphatic heterocycles. The molecule has 1 aliphatic rings. The molecule has 8 heteroatoms. The molecule has 0 spiro atoms. The Morgan fingerprint density at radius 2 is 1.96 bits per heavy atom. The van der Waals surface area contributed by atoms with Gasteiger partial charge in [0.15, 0.2) is 0 Å². The smallest absolute Gasteiger partial charge is 0.258 e. The zero-order chi connectivity index (χ0) is 17.2. The lowest BCUT2D eigenvalue weighted by atomic mass is 10.2. The molecule has 2 aromatic carbocycles. The van der Waals surface area contributed by atoms with E-state index in [9.17, 15) is 4.79 Å². The highest BCUT2D eigenvalue weighted by atomic mass is 35.5. The van der Waals surface area contributed by atoms with Crippen molar-refractivity contribution in [3.63, 3.8) is 0 Å². The maximum absolute atomic E-state index is 12.3. The molecule has 25 heavy (non-hydrogen) atoms. The zero-order valence-corrected chi connectivity index (χ0v) is 13.8. The van der Waals surface area contributed by atoms with Gasteiger partial charge in [-0.25, -0.2) is 4.68 Å². The van der Waals surface area contributed by atoms with Crippen LogP contribution in [-0.2, 0) is 0 Å². The molecule has 0 unspecified atom stereocenters. The Morgan fingerprint density at radius 1 is 1.16 bits per heavy atom. The summed E-state index contributed by atoms with van der Waals surface area (Å²) in [6, 6.07) is 14.2. The Hall–Kier alpha value is -2.93. The lowest BCUT2D eigenvalue weighted by molar-refractivity contribution is 0.102. The number of hydrogen-bond donors (Lipinski definition) is 1. The quantitative estimate of drug-likeness (QED) is 0.754. The van der Waals surface area contributed by atoms with Gasteiger partial charge >= 0.3 is 0 Å². The number of amides is 1. The SMILES string of the molecule is O=C(Nc1nnnn1C1CC1)c1ccc(Oc2cccc(Cl)c2)cc1. The van der Waals surface area contributed by atoms with Crippen molar-refractivity contribution in [2.45, 2.75) is 18.9 Å². The van der Waals surface area contributed by atoms with E-state index in [0.717, 1.165) is 12.8 Å².